The van der Waals surface area contributed by atoms with Gasteiger partial charge in [-0.3, -0.25) is 4.79 Å². The van der Waals surface area contributed by atoms with Gasteiger partial charge < -0.3 is 16.2 Å². The van der Waals surface area contributed by atoms with Crippen molar-refractivity contribution in [1.82, 2.24) is 5.32 Å². The van der Waals surface area contributed by atoms with Gasteiger partial charge in [0.15, 0.2) is 6.10 Å². The predicted octanol–water partition coefficient (Wildman–Crippen LogP) is 1.92. The van der Waals surface area contributed by atoms with Crippen LogP contribution in [0.1, 0.15) is 17.9 Å². The van der Waals surface area contributed by atoms with Gasteiger partial charge in [0.2, 0.25) is 5.91 Å². The van der Waals surface area contributed by atoms with E-state index in [1.54, 1.807) is 24.3 Å². The van der Waals surface area contributed by atoms with Crippen LogP contribution in [0.15, 0.2) is 28.7 Å². The first kappa shape index (κ1) is 17.9. The van der Waals surface area contributed by atoms with Gasteiger partial charge in [-0.2, -0.15) is 13.2 Å². The Labute approximate surface area is 128 Å². The van der Waals surface area contributed by atoms with Gasteiger partial charge >= 0.3 is 6.18 Å². The van der Waals surface area contributed by atoms with E-state index >= 15 is 0 Å². The van der Waals surface area contributed by atoms with Gasteiger partial charge in [0.1, 0.15) is 0 Å². The third kappa shape index (κ3) is 6.03. The van der Waals surface area contributed by atoms with Crippen LogP contribution < -0.4 is 11.1 Å². The maximum atomic E-state index is 12.1. The molecule has 0 radical (unpaired) electrons. The lowest BCUT2D eigenvalue weighted by Crippen LogP contribution is -2.39. The van der Waals surface area contributed by atoms with Crippen LogP contribution >= 0.6 is 15.9 Å². The highest BCUT2D eigenvalue weighted by Gasteiger charge is 2.37. The first-order valence-corrected chi connectivity index (χ1v) is 7.01. The van der Waals surface area contributed by atoms with E-state index in [0.29, 0.717) is 5.56 Å². The molecule has 0 aliphatic carbocycles. The lowest BCUT2D eigenvalue weighted by molar-refractivity contribution is -0.201. The van der Waals surface area contributed by atoms with Crippen molar-refractivity contribution in [3.05, 3.63) is 34.3 Å². The van der Waals surface area contributed by atoms with Crippen LogP contribution in [0.3, 0.4) is 0 Å². The van der Waals surface area contributed by atoms with E-state index in [1.807, 2.05) is 0 Å². The zero-order valence-corrected chi connectivity index (χ0v) is 12.6. The highest BCUT2D eigenvalue weighted by atomic mass is 79.9. The molecule has 2 atom stereocenters. The van der Waals surface area contributed by atoms with Crippen molar-refractivity contribution in [3.63, 3.8) is 0 Å². The average Bonchev–Trinajstić information content (AvgIpc) is 2.38. The molecule has 1 rings (SSSR count). The smallest absolute Gasteiger partial charge is 0.382 e. The zero-order chi connectivity index (χ0) is 16.0. The van der Waals surface area contributed by atoms with Crippen LogP contribution in [0.5, 0.6) is 0 Å². The molecule has 0 bridgehead atoms. The molecule has 1 amide bonds. The summed E-state index contributed by atoms with van der Waals surface area (Å²) in [5, 5.41) is 11.3. The summed E-state index contributed by atoms with van der Waals surface area (Å²) in [4.78, 5) is 11.4. The summed E-state index contributed by atoms with van der Waals surface area (Å²) in [7, 11) is 0. The van der Waals surface area contributed by atoms with E-state index in [4.69, 9.17) is 10.8 Å². The number of aliphatic hydroxyl groups excluding tert-OH is 1. The molecule has 118 valence electrons. The van der Waals surface area contributed by atoms with Crippen molar-refractivity contribution in [2.45, 2.75) is 24.6 Å². The Bertz CT molecular complexity index is 465. The Kier molecular flexibility index (Phi) is 6.63. The Morgan fingerprint density at radius 1 is 1.33 bits per heavy atom. The summed E-state index contributed by atoms with van der Waals surface area (Å²) < 4.78 is 37.1. The van der Waals surface area contributed by atoms with Gasteiger partial charge in [-0.25, -0.2) is 0 Å². The number of rotatable bonds is 7. The number of hydrogen-bond donors (Lipinski definition) is 3. The number of hydrogen-bond acceptors (Lipinski definition) is 3. The fraction of sp³-hybridized carbons (Fsp3) is 0.462. The van der Waals surface area contributed by atoms with Crippen molar-refractivity contribution < 1.29 is 23.1 Å². The minimum absolute atomic E-state index is 0.136. The minimum atomic E-state index is -4.65. The first-order chi connectivity index (χ1) is 9.71. The largest absolute Gasteiger partial charge is 0.415 e. The summed E-state index contributed by atoms with van der Waals surface area (Å²) in [5.74, 6) is -1.14. The Hall–Kier alpha value is -1.12. The van der Waals surface area contributed by atoms with Crippen molar-refractivity contribution in [3.8, 4) is 0 Å². The highest BCUT2D eigenvalue weighted by molar-refractivity contribution is 9.10. The summed E-state index contributed by atoms with van der Waals surface area (Å²) >= 11 is 3.27. The van der Waals surface area contributed by atoms with Crippen molar-refractivity contribution >= 4 is 21.8 Å². The molecule has 0 heterocycles. The van der Waals surface area contributed by atoms with Crippen LogP contribution in [0.4, 0.5) is 13.2 Å². The molecule has 0 saturated carbocycles. The first-order valence-electron chi connectivity index (χ1n) is 6.22. The van der Waals surface area contributed by atoms with Gasteiger partial charge in [0, 0.05) is 11.0 Å². The third-order valence-electron chi connectivity index (χ3n) is 2.94. The lowest BCUT2D eigenvalue weighted by Gasteiger charge is -2.17. The second-order valence-electron chi connectivity index (χ2n) is 4.56. The molecule has 0 fully saturated rings. The van der Waals surface area contributed by atoms with Crippen LogP contribution in [0, 0.1) is 0 Å². The molecule has 0 spiro atoms. The Balaban J connectivity index is 2.50. The fourth-order valence-corrected chi connectivity index (χ4v) is 2.03. The number of carbonyl (C=O) groups is 1. The van der Waals surface area contributed by atoms with E-state index in [-0.39, 0.29) is 13.0 Å². The highest BCUT2D eigenvalue weighted by Crippen LogP contribution is 2.22. The van der Waals surface area contributed by atoms with Gasteiger partial charge in [-0.15, -0.1) is 0 Å². The number of nitrogens with two attached hydrogens (primary N) is 1. The Morgan fingerprint density at radius 2 is 1.90 bits per heavy atom. The van der Waals surface area contributed by atoms with E-state index in [0.717, 1.165) is 4.47 Å². The standard InChI is InChI=1S/C13H16BrF3N2O2/c14-9-3-1-8(2-4-9)10(12(18)21)5-6-19-7-11(20)13(15,16)17/h1-4,10-11,19-20H,5-7H2,(H2,18,21)/t10-,11?/m1/s1. The number of carbonyl (C=O) groups excluding carboxylic acids is 1. The van der Waals surface area contributed by atoms with E-state index < -0.39 is 30.7 Å². The molecule has 1 unspecified atom stereocenters. The normalized spacial score (nSPS) is 14.7. The fourth-order valence-electron chi connectivity index (χ4n) is 1.77. The number of halogens is 4. The molecule has 8 heteroatoms. The number of alkyl halides is 3. The topological polar surface area (TPSA) is 75.4 Å². The monoisotopic (exact) mass is 368 g/mol. The summed E-state index contributed by atoms with van der Waals surface area (Å²) in [5.41, 5.74) is 6.01. The number of amides is 1. The molecule has 21 heavy (non-hydrogen) atoms. The molecule has 0 aliphatic rings. The number of nitrogens with one attached hydrogen (secondary N) is 1. The summed E-state index contributed by atoms with van der Waals surface area (Å²) in [6, 6.07) is 6.96. The van der Waals surface area contributed by atoms with Crippen molar-refractivity contribution in [2.24, 2.45) is 5.73 Å². The maximum absolute atomic E-state index is 12.1. The minimum Gasteiger partial charge on any atom is -0.382 e. The molecule has 0 aromatic heterocycles. The molecular weight excluding hydrogens is 353 g/mol. The van der Waals surface area contributed by atoms with Crippen LogP contribution in [0.25, 0.3) is 0 Å². The van der Waals surface area contributed by atoms with Crippen molar-refractivity contribution in [1.29, 1.82) is 0 Å². The quantitative estimate of drug-likeness (QED) is 0.643. The SMILES string of the molecule is NC(=O)[C@H](CCNCC(O)C(F)(F)F)c1ccc(Br)cc1. The molecule has 1 aromatic rings. The van der Waals surface area contributed by atoms with E-state index in [9.17, 15) is 18.0 Å². The second kappa shape index (κ2) is 7.77. The van der Waals surface area contributed by atoms with E-state index in [1.165, 1.54) is 0 Å². The van der Waals surface area contributed by atoms with Crippen LogP contribution in [-0.2, 0) is 4.79 Å². The van der Waals surface area contributed by atoms with Crippen LogP contribution in [-0.4, -0.2) is 36.4 Å². The Morgan fingerprint density at radius 3 is 2.38 bits per heavy atom. The molecule has 0 saturated heterocycles. The van der Waals surface area contributed by atoms with Gasteiger partial charge in [-0.05, 0) is 30.7 Å². The number of aliphatic hydroxyl groups is 1. The number of primary amides is 1. The predicted molar refractivity (Wildman–Crippen MR) is 75.6 cm³/mol. The average molecular weight is 369 g/mol. The molecule has 4 N–H and O–H groups in total. The second-order valence-corrected chi connectivity index (χ2v) is 5.47. The molecule has 0 aliphatic heterocycles. The van der Waals surface area contributed by atoms with Crippen LogP contribution in [0.2, 0.25) is 0 Å². The summed E-state index contributed by atoms with van der Waals surface area (Å²) in [6.45, 7) is -0.480. The number of benzene rings is 1. The van der Waals surface area contributed by atoms with Gasteiger partial charge in [0.25, 0.3) is 0 Å². The molecule has 1 aromatic carbocycles. The van der Waals surface area contributed by atoms with Crippen molar-refractivity contribution in [2.75, 3.05) is 13.1 Å². The molecular formula is C13H16BrF3N2O2. The van der Waals surface area contributed by atoms with Gasteiger partial charge in [-0.1, -0.05) is 28.1 Å². The molecule has 4 nitrogen and oxygen atoms in total. The third-order valence-corrected chi connectivity index (χ3v) is 3.47. The van der Waals surface area contributed by atoms with E-state index in [2.05, 4.69) is 21.2 Å². The summed E-state index contributed by atoms with van der Waals surface area (Å²) in [6.07, 6.45) is -6.82. The van der Waals surface area contributed by atoms with Gasteiger partial charge in [0.05, 0.1) is 5.92 Å². The lowest BCUT2D eigenvalue weighted by atomic mass is 9.95. The maximum Gasteiger partial charge on any atom is 0.415 e. The zero-order valence-electron chi connectivity index (χ0n) is 11.0.